The molecule has 12 heavy (non-hydrogen) atoms. The van der Waals surface area contributed by atoms with E-state index in [9.17, 15) is 9.59 Å². The quantitative estimate of drug-likeness (QED) is 0.435. The molecule has 0 atom stereocenters. The molecule has 6 heteroatoms. The van der Waals surface area contributed by atoms with Gasteiger partial charge in [-0.25, -0.2) is 9.59 Å². The van der Waals surface area contributed by atoms with Gasteiger partial charge in [-0.3, -0.25) is 9.59 Å². The summed E-state index contributed by atoms with van der Waals surface area (Å²) in [7, 11) is 0. The van der Waals surface area contributed by atoms with Crippen LogP contribution < -0.4 is 0 Å². The lowest BCUT2D eigenvalue weighted by atomic mass is 10.3. The first-order chi connectivity index (χ1) is 5.45. The van der Waals surface area contributed by atoms with E-state index in [1.54, 1.807) is 0 Å². The van der Waals surface area contributed by atoms with Crippen LogP contribution >= 0.6 is 0 Å². The van der Waals surface area contributed by atoms with Gasteiger partial charge in [0.15, 0.2) is 0 Å². The fourth-order valence-corrected chi connectivity index (χ4v) is 0.151. The van der Waals surface area contributed by atoms with E-state index >= 15 is 0 Å². The lowest BCUT2D eigenvalue weighted by molar-refractivity contribution is -0.148. The number of hydrogen-bond acceptors (Lipinski definition) is 4. The lowest BCUT2D eigenvalue weighted by Crippen LogP contribution is -2.09. The number of carbonyl (C=O) groups is 4. The van der Waals surface area contributed by atoms with Crippen LogP contribution in [0.15, 0.2) is 0 Å². The first-order valence-corrected chi connectivity index (χ1v) is 2.89. The van der Waals surface area contributed by atoms with E-state index in [0.29, 0.717) is 0 Å². The molecule has 0 aliphatic carbocycles. The van der Waals surface area contributed by atoms with Crippen molar-refractivity contribution < 1.29 is 29.4 Å². The van der Waals surface area contributed by atoms with E-state index in [2.05, 4.69) is 0 Å². The molecule has 0 spiro atoms. The van der Waals surface area contributed by atoms with Crippen molar-refractivity contribution in [3.8, 4) is 0 Å². The Morgan fingerprint density at radius 2 is 1.58 bits per heavy atom. The predicted molar refractivity (Wildman–Crippen MR) is 36.6 cm³/mol. The molecule has 0 fully saturated rings. The highest BCUT2D eigenvalue weighted by atomic mass is 16.4. The van der Waals surface area contributed by atoms with Gasteiger partial charge < -0.3 is 10.2 Å². The minimum atomic E-state index is -1.43. The molecule has 2 N–H and O–H groups in total. The van der Waals surface area contributed by atoms with Crippen molar-refractivity contribution in [2.45, 2.75) is 13.3 Å². The number of aliphatic carboxylic acids is 2. The van der Waals surface area contributed by atoms with Gasteiger partial charge >= 0.3 is 11.9 Å². The highest BCUT2D eigenvalue weighted by molar-refractivity contribution is 6.32. The number of rotatable bonds is 3. The fraction of sp³-hybridized carbons (Fsp3) is 0.333. The molecule has 6 nitrogen and oxygen atoms in total. The molecule has 0 radical (unpaired) electrons. The smallest absolute Gasteiger partial charge is 0.372 e. The van der Waals surface area contributed by atoms with Crippen LogP contribution in [0.25, 0.3) is 0 Å². The zero-order valence-electron chi connectivity index (χ0n) is 6.31. The monoisotopic (exact) mass is 176 g/mol. The van der Waals surface area contributed by atoms with E-state index in [4.69, 9.17) is 19.8 Å². The van der Waals surface area contributed by atoms with Crippen LogP contribution in [0.2, 0.25) is 0 Å². The average molecular weight is 176 g/mol. The summed E-state index contributed by atoms with van der Waals surface area (Å²) < 4.78 is 0. The molecule has 0 aliphatic rings. The topological polar surface area (TPSA) is 109 Å². The molecule has 0 heterocycles. The summed E-state index contributed by atoms with van der Waals surface area (Å²) >= 11 is 0. The van der Waals surface area contributed by atoms with Crippen molar-refractivity contribution in [3.63, 3.8) is 0 Å². The van der Waals surface area contributed by atoms with Gasteiger partial charge in [-0.15, -0.1) is 0 Å². The third kappa shape index (κ3) is 11.1. The molecule has 0 saturated heterocycles. The van der Waals surface area contributed by atoms with Gasteiger partial charge in [0, 0.05) is 6.42 Å². The first kappa shape index (κ1) is 12.9. The molecule has 68 valence electrons. The summed E-state index contributed by atoms with van der Waals surface area (Å²) in [5.41, 5.74) is 0. The number of Topliss-reactive ketones (excluding diaryl/α,β-unsaturated/α-hetero) is 1. The molecule has 0 aromatic carbocycles. The van der Waals surface area contributed by atoms with Gasteiger partial charge in [0.2, 0.25) is 12.1 Å². The van der Waals surface area contributed by atoms with Crippen molar-refractivity contribution in [3.05, 3.63) is 0 Å². The zero-order valence-corrected chi connectivity index (χ0v) is 6.31. The largest absolute Gasteiger partial charge is 0.476 e. The predicted octanol–water partition coefficient (Wildman–Crippen LogP) is -0.680. The summed E-state index contributed by atoms with van der Waals surface area (Å²) in [6, 6.07) is 0. The van der Waals surface area contributed by atoms with Crippen LogP contribution in [0.4, 0.5) is 0 Å². The summed E-state index contributed by atoms with van der Waals surface area (Å²) in [6.07, 6.45) is -0.0880. The zero-order chi connectivity index (χ0) is 10.1. The van der Waals surface area contributed by atoms with Crippen LogP contribution in [-0.2, 0) is 19.2 Å². The van der Waals surface area contributed by atoms with Gasteiger partial charge in [-0.1, -0.05) is 6.92 Å². The third-order valence-corrected chi connectivity index (χ3v) is 0.660. The maximum absolute atomic E-state index is 9.91. The van der Waals surface area contributed by atoms with Crippen LogP contribution in [0, 0.1) is 0 Å². The molecule has 0 amide bonds. The van der Waals surface area contributed by atoms with Gasteiger partial charge in [-0.05, 0) is 0 Å². The third-order valence-electron chi connectivity index (χ3n) is 0.660. The van der Waals surface area contributed by atoms with Gasteiger partial charge in [0.1, 0.15) is 0 Å². The normalized spacial score (nSPS) is 7.42. The van der Waals surface area contributed by atoms with E-state index in [-0.39, 0.29) is 12.7 Å². The van der Waals surface area contributed by atoms with Crippen LogP contribution in [0.5, 0.6) is 0 Å². The number of ketones is 1. The Hall–Kier alpha value is -1.72. The number of carboxylic acid groups (broad SMARTS) is 2. The lowest BCUT2D eigenvalue weighted by Gasteiger charge is -1.80. The Kier molecular flexibility index (Phi) is 7.95. The maximum Gasteiger partial charge on any atom is 0.372 e. The number of carboxylic acids is 2. The summed E-state index contributed by atoms with van der Waals surface area (Å²) in [5, 5.41) is 15.2. The molecule has 0 aliphatic heterocycles. The second-order valence-corrected chi connectivity index (χ2v) is 1.54. The molecular formula is C6H8O6. The number of hydrogen-bond donors (Lipinski definition) is 2. The average Bonchev–Trinajstić information content (AvgIpc) is 2.04. The molecular weight excluding hydrogens is 168 g/mol. The Bertz CT molecular complexity index is 194. The second-order valence-electron chi connectivity index (χ2n) is 1.54. The van der Waals surface area contributed by atoms with Gasteiger partial charge in [0.25, 0.3) is 0 Å². The van der Waals surface area contributed by atoms with Crippen molar-refractivity contribution in [1.82, 2.24) is 0 Å². The van der Waals surface area contributed by atoms with E-state index in [1.165, 1.54) is 6.92 Å². The van der Waals surface area contributed by atoms with E-state index in [1.807, 2.05) is 0 Å². The summed E-state index contributed by atoms with van der Waals surface area (Å²) in [5.74, 6) is -3.51. The highest BCUT2D eigenvalue weighted by Gasteiger charge is 2.05. The van der Waals surface area contributed by atoms with Crippen molar-refractivity contribution in [2.24, 2.45) is 0 Å². The molecule has 0 bridgehead atoms. The van der Waals surface area contributed by atoms with Gasteiger partial charge in [0.05, 0.1) is 0 Å². The van der Waals surface area contributed by atoms with Crippen molar-refractivity contribution in [1.29, 1.82) is 0 Å². The Balaban J connectivity index is 0. The van der Waals surface area contributed by atoms with Crippen LogP contribution in [-0.4, -0.2) is 34.2 Å². The Labute approximate surface area is 67.8 Å². The van der Waals surface area contributed by atoms with Crippen LogP contribution in [0.3, 0.4) is 0 Å². The molecule has 0 rings (SSSR count). The van der Waals surface area contributed by atoms with Gasteiger partial charge in [-0.2, -0.15) is 0 Å². The summed E-state index contributed by atoms with van der Waals surface area (Å²) in [4.78, 5) is 37.4. The standard InChI is InChI=1S/C4H6O3.C2H2O3/c1-2-3(5)4(6)7;3-1-2(4)5/h2H2,1H3,(H,6,7);1H,(H,4,5). The minimum absolute atomic E-state index is 0.0787. The Morgan fingerprint density at radius 3 is 1.58 bits per heavy atom. The van der Waals surface area contributed by atoms with Crippen molar-refractivity contribution in [2.75, 3.05) is 0 Å². The molecule has 0 saturated carbocycles. The SMILES string of the molecule is CCC(=O)C(=O)O.O=CC(=O)O. The summed E-state index contributed by atoms with van der Waals surface area (Å²) in [6.45, 7) is 1.51. The number of carbonyl (C=O) groups excluding carboxylic acids is 2. The maximum atomic E-state index is 9.91. The molecule has 0 aromatic heterocycles. The van der Waals surface area contributed by atoms with Crippen molar-refractivity contribution >= 4 is 24.0 Å². The highest BCUT2D eigenvalue weighted by Crippen LogP contribution is 1.76. The van der Waals surface area contributed by atoms with E-state index in [0.717, 1.165) is 0 Å². The van der Waals surface area contributed by atoms with Crippen LogP contribution in [0.1, 0.15) is 13.3 Å². The van der Waals surface area contributed by atoms with E-state index < -0.39 is 17.7 Å². The number of aldehydes is 1. The molecule has 0 unspecified atom stereocenters. The second kappa shape index (κ2) is 7.39. The first-order valence-electron chi connectivity index (χ1n) is 2.89. The Morgan fingerprint density at radius 1 is 1.25 bits per heavy atom. The molecule has 0 aromatic rings. The minimum Gasteiger partial charge on any atom is -0.476 e. The fourth-order valence-electron chi connectivity index (χ4n) is 0.151.